The highest BCUT2D eigenvalue weighted by molar-refractivity contribution is 9.11. The molecule has 0 bridgehead atoms. The third-order valence-electron chi connectivity index (χ3n) is 5.86. The molecule has 0 aromatic heterocycles. The van der Waals surface area contributed by atoms with E-state index in [9.17, 15) is 13.6 Å². The number of nitrogens with zero attached hydrogens (tertiary/aromatic N) is 2. The summed E-state index contributed by atoms with van der Waals surface area (Å²) in [6.45, 7) is 1.46. The first kappa shape index (κ1) is 21.5. The summed E-state index contributed by atoms with van der Waals surface area (Å²) in [7, 11) is 0. The lowest BCUT2D eigenvalue weighted by Gasteiger charge is -2.31. The molecular weight excluding hydrogens is 470 g/mol. The van der Waals surface area contributed by atoms with Crippen molar-refractivity contribution >= 4 is 40.0 Å². The van der Waals surface area contributed by atoms with Crippen LogP contribution in [0.4, 0.5) is 8.78 Å². The van der Waals surface area contributed by atoms with Crippen molar-refractivity contribution in [2.45, 2.75) is 25.2 Å². The highest BCUT2D eigenvalue weighted by Crippen LogP contribution is 2.51. The average molecular weight is 493 g/mol. The maximum absolute atomic E-state index is 14.4. The molecule has 7 heteroatoms. The number of hydrogen-bond donors (Lipinski definition) is 0. The number of rotatable bonds is 6. The van der Waals surface area contributed by atoms with E-state index in [2.05, 4.69) is 20.3 Å². The first-order chi connectivity index (χ1) is 14.6. The molecule has 1 aliphatic carbocycles. The van der Waals surface area contributed by atoms with Crippen molar-refractivity contribution < 1.29 is 13.6 Å². The van der Waals surface area contributed by atoms with Crippen LogP contribution in [0, 0.1) is 23.5 Å². The minimum Gasteiger partial charge on any atom is -0.342 e. The Labute approximate surface area is 188 Å². The Morgan fingerprint density at radius 3 is 2.73 bits per heavy atom. The van der Waals surface area contributed by atoms with E-state index in [1.165, 1.54) is 30.1 Å². The van der Waals surface area contributed by atoms with Gasteiger partial charge in [0.05, 0.1) is 10.2 Å². The molecule has 0 spiro atoms. The van der Waals surface area contributed by atoms with Gasteiger partial charge in [-0.05, 0) is 60.4 Å². The molecule has 1 saturated carbocycles. The van der Waals surface area contributed by atoms with Gasteiger partial charge in [0.25, 0.3) is 0 Å². The van der Waals surface area contributed by atoms with Crippen molar-refractivity contribution in [1.29, 1.82) is 0 Å². The molecule has 2 aromatic carbocycles. The molecule has 1 heterocycles. The normalized spacial score (nSPS) is 23.7. The lowest BCUT2D eigenvalue weighted by Crippen LogP contribution is -2.41. The SMILES string of the molecule is O=C(C1CC1c1ccccc1-c1c(F)cccc1F)N1CCCC(/C=N\SCBr)C1. The Morgan fingerprint density at radius 2 is 1.97 bits per heavy atom. The summed E-state index contributed by atoms with van der Waals surface area (Å²) in [6.07, 6.45) is 4.68. The molecule has 3 nitrogen and oxygen atoms in total. The minimum atomic E-state index is -0.578. The summed E-state index contributed by atoms with van der Waals surface area (Å²) in [6, 6.07) is 11.2. The van der Waals surface area contributed by atoms with Crippen LogP contribution in [-0.2, 0) is 4.79 Å². The van der Waals surface area contributed by atoms with Crippen molar-refractivity contribution in [2.75, 3.05) is 17.8 Å². The number of amides is 1. The molecule has 3 atom stereocenters. The van der Waals surface area contributed by atoms with Crippen LogP contribution in [-0.4, -0.2) is 34.8 Å². The number of carbonyl (C=O) groups excluding carboxylic acids is 1. The fraction of sp³-hybridized carbons (Fsp3) is 0.391. The lowest BCUT2D eigenvalue weighted by atomic mass is 9.94. The second kappa shape index (κ2) is 9.60. The maximum atomic E-state index is 14.4. The van der Waals surface area contributed by atoms with Crippen LogP contribution in [0.25, 0.3) is 11.1 Å². The largest absolute Gasteiger partial charge is 0.342 e. The Balaban J connectivity index is 1.49. The van der Waals surface area contributed by atoms with Crippen molar-refractivity contribution in [3.05, 3.63) is 59.7 Å². The number of benzene rings is 2. The van der Waals surface area contributed by atoms with E-state index in [-0.39, 0.29) is 29.2 Å². The molecule has 30 heavy (non-hydrogen) atoms. The molecule has 2 aliphatic rings. The van der Waals surface area contributed by atoms with Crippen molar-refractivity contribution in [3.63, 3.8) is 0 Å². The van der Waals surface area contributed by atoms with Crippen molar-refractivity contribution in [1.82, 2.24) is 4.90 Å². The van der Waals surface area contributed by atoms with E-state index in [1.807, 2.05) is 23.2 Å². The Hall–Kier alpha value is -1.73. The maximum Gasteiger partial charge on any atom is 0.226 e. The van der Waals surface area contributed by atoms with Crippen molar-refractivity contribution in [3.8, 4) is 11.1 Å². The number of carbonyl (C=O) groups is 1. The standard InChI is InChI=1S/C23H23BrF2N2OS/c24-14-30-27-12-15-5-4-10-28(13-15)23(29)19-11-18(19)16-6-1-2-7-17(16)22-20(25)8-3-9-21(22)26/h1-3,6-9,12,15,18-19H,4-5,10-11,13-14H2/b27-12-. The zero-order chi connectivity index (χ0) is 21.1. The first-order valence-corrected chi connectivity index (χ1v) is 12.2. The molecule has 1 saturated heterocycles. The smallest absolute Gasteiger partial charge is 0.226 e. The summed E-state index contributed by atoms with van der Waals surface area (Å²) in [4.78, 5) is 15.1. The van der Waals surface area contributed by atoms with E-state index in [0.717, 1.165) is 36.0 Å². The summed E-state index contributed by atoms with van der Waals surface area (Å²) < 4.78 is 33.9. The highest BCUT2D eigenvalue weighted by Gasteiger charge is 2.47. The minimum absolute atomic E-state index is 0.00528. The number of likely N-dealkylation sites (tertiary alicyclic amines) is 1. The summed E-state index contributed by atoms with van der Waals surface area (Å²) >= 11 is 4.79. The van der Waals surface area contributed by atoms with Gasteiger partial charge in [-0.15, -0.1) is 0 Å². The third-order valence-corrected chi connectivity index (χ3v) is 6.85. The van der Waals surface area contributed by atoms with Crippen LogP contribution in [0.15, 0.2) is 46.9 Å². The van der Waals surface area contributed by atoms with Crippen LogP contribution in [0.3, 0.4) is 0 Å². The topological polar surface area (TPSA) is 32.7 Å². The molecule has 0 radical (unpaired) electrons. The van der Waals surface area contributed by atoms with Gasteiger partial charge in [-0.3, -0.25) is 4.79 Å². The third kappa shape index (κ3) is 4.62. The zero-order valence-corrected chi connectivity index (χ0v) is 18.8. The quantitative estimate of drug-likeness (QED) is 0.279. The molecule has 1 aliphatic heterocycles. The highest BCUT2D eigenvalue weighted by atomic mass is 79.9. The molecule has 0 N–H and O–H groups in total. The van der Waals surface area contributed by atoms with Gasteiger partial charge in [0.15, 0.2) is 0 Å². The molecule has 2 aromatic rings. The van der Waals surface area contributed by atoms with Crippen molar-refractivity contribution in [2.24, 2.45) is 16.2 Å². The fourth-order valence-electron chi connectivity index (χ4n) is 4.34. The first-order valence-electron chi connectivity index (χ1n) is 10.1. The van der Waals surface area contributed by atoms with E-state index in [1.54, 1.807) is 12.1 Å². The Bertz CT molecular complexity index is 934. The van der Waals surface area contributed by atoms with Gasteiger partial charge in [-0.2, -0.15) is 0 Å². The van der Waals surface area contributed by atoms with Gasteiger partial charge >= 0.3 is 0 Å². The summed E-state index contributed by atoms with van der Waals surface area (Å²) in [5.41, 5.74) is 1.39. The number of piperidine rings is 1. The van der Waals surface area contributed by atoms with Gasteiger partial charge in [-0.1, -0.05) is 46.3 Å². The van der Waals surface area contributed by atoms with Crippen LogP contribution < -0.4 is 0 Å². The molecule has 158 valence electrons. The molecule has 2 fully saturated rings. The van der Waals surface area contributed by atoms with E-state index >= 15 is 0 Å². The molecule has 1 amide bonds. The van der Waals surface area contributed by atoms with E-state index in [0.29, 0.717) is 12.1 Å². The van der Waals surface area contributed by atoms with Gasteiger partial charge in [0.2, 0.25) is 5.91 Å². The predicted molar refractivity (Wildman–Crippen MR) is 122 cm³/mol. The average Bonchev–Trinajstić information content (AvgIpc) is 3.55. The number of halogens is 3. The van der Waals surface area contributed by atoms with Gasteiger partial charge in [-0.25, -0.2) is 13.2 Å². The van der Waals surface area contributed by atoms with Gasteiger partial charge in [0, 0.05) is 31.1 Å². The molecule has 3 unspecified atom stereocenters. The van der Waals surface area contributed by atoms with Crippen LogP contribution in [0.2, 0.25) is 0 Å². The zero-order valence-electron chi connectivity index (χ0n) is 16.4. The van der Waals surface area contributed by atoms with Crippen LogP contribution in [0.5, 0.6) is 0 Å². The van der Waals surface area contributed by atoms with Crippen LogP contribution in [0.1, 0.15) is 30.7 Å². The second-order valence-corrected chi connectivity index (χ2v) is 9.87. The predicted octanol–water partition coefficient (Wildman–Crippen LogP) is 6.05. The Morgan fingerprint density at radius 1 is 1.20 bits per heavy atom. The van der Waals surface area contributed by atoms with Gasteiger partial charge < -0.3 is 4.90 Å². The Kier molecular flexibility index (Phi) is 6.88. The number of hydrogen-bond acceptors (Lipinski definition) is 3. The van der Waals surface area contributed by atoms with E-state index in [4.69, 9.17) is 0 Å². The van der Waals surface area contributed by atoms with E-state index < -0.39 is 11.6 Å². The van der Waals surface area contributed by atoms with Crippen LogP contribution >= 0.6 is 27.9 Å². The second-order valence-electron chi connectivity index (χ2n) is 7.81. The summed E-state index contributed by atoms with van der Waals surface area (Å²) in [5.74, 6) is -0.837. The molecular formula is C23H23BrF2N2OS. The monoisotopic (exact) mass is 492 g/mol. The van der Waals surface area contributed by atoms with Gasteiger partial charge in [0.1, 0.15) is 11.6 Å². The summed E-state index contributed by atoms with van der Waals surface area (Å²) in [5, 5.41) is 0. The fourth-order valence-corrected chi connectivity index (χ4v) is 5.01. The number of alkyl halides is 1. The molecule has 4 rings (SSSR count). The lowest BCUT2D eigenvalue weighted by molar-refractivity contribution is -0.134.